The van der Waals surface area contributed by atoms with Crippen molar-refractivity contribution < 1.29 is 14.3 Å². The highest BCUT2D eigenvalue weighted by Crippen LogP contribution is 2.29. The fraction of sp³-hybridized carbons (Fsp3) is 0.158. The minimum absolute atomic E-state index is 0.272. The fourth-order valence-electron chi connectivity index (χ4n) is 1.99. The quantitative estimate of drug-likeness (QED) is 0.518. The van der Waals surface area contributed by atoms with Crippen LogP contribution < -0.4 is 5.32 Å². The summed E-state index contributed by atoms with van der Waals surface area (Å²) < 4.78 is 5.08. The summed E-state index contributed by atoms with van der Waals surface area (Å²) in [5.74, 6) is -1.20. The molecule has 0 aliphatic carbocycles. The van der Waals surface area contributed by atoms with Crippen molar-refractivity contribution in [1.82, 2.24) is 0 Å². The third-order valence-corrected chi connectivity index (χ3v) is 4.52. The van der Waals surface area contributed by atoms with Gasteiger partial charge in [-0.15, -0.1) is 0 Å². The number of amides is 1. The molecule has 0 unspecified atom stereocenters. The monoisotopic (exact) mass is 411 g/mol. The summed E-state index contributed by atoms with van der Waals surface area (Å²) in [5.41, 5.74) is 1.96. The average Bonchev–Trinajstić information content (AvgIpc) is 2.59. The SMILES string of the molecule is Cc1ccc(/C=C/C(=O)O[C@@H](C)C(=O)Nc2c(Cl)cccc2Cl)cc1Cl. The normalized spacial score (nSPS) is 12.0. The van der Waals surface area contributed by atoms with Gasteiger partial charge in [-0.25, -0.2) is 4.79 Å². The Kier molecular flexibility index (Phi) is 7.09. The Labute approximate surface area is 166 Å². The molecule has 0 heterocycles. The molecule has 2 aromatic carbocycles. The van der Waals surface area contributed by atoms with E-state index in [9.17, 15) is 9.59 Å². The van der Waals surface area contributed by atoms with Gasteiger partial charge in [0.15, 0.2) is 6.10 Å². The maximum absolute atomic E-state index is 12.2. The Morgan fingerprint density at radius 3 is 2.35 bits per heavy atom. The number of hydrogen-bond donors (Lipinski definition) is 1. The number of halogens is 3. The van der Waals surface area contributed by atoms with Gasteiger partial charge in [-0.3, -0.25) is 4.79 Å². The number of rotatable bonds is 5. The number of benzene rings is 2. The molecule has 0 bridgehead atoms. The van der Waals surface area contributed by atoms with Crippen molar-refractivity contribution in [3.8, 4) is 0 Å². The molecule has 0 saturated heterocycles. The second kappa shape index (κ2) is 9.08. The largest absolute Gasteiger partial charge is 0.449 e. The molecule has 7 heteroatoms. The van der Waals surface area contributed by atoms with Crippen molar-refractivity contribution in [1.29, 1.82) is 0 Å². The number of carbonyl (C=O) groups is 2. The second-order valence-electron chi connectivity index (χ2n) is 5.51. The summed E-state index contributed by atoms with van der Waals surface area (Å²) in [7, 11) is 0. The summed E-state index contributed by atoms with van der Waals surface area (Å²) in [6.07, 6.45) is 1.76. The summed E-state index contributed by atoms with van der Waals surface area (Å²) >= 11 is 18.0. The van der Waals surface area contributed by atoms with E-state index in [2.05, 4.69) is 5.32 Å². The van der Waals surface area contributed by atoms with Gasteiger partial charge in [0.2, 0.25) is 0 Å². The van der Waals surface area contributed by atoms with E-state index in [-0.39, 0.29) is 5.69 Å². The molecule has 0 aliphatic rings. The average molecular weight is 413 g/mol. The van der Waals surface area contributed by atoms with E-state index in [0.717, 1.165) is 11.1 Å². The van der Waals surface area contributed by atoms with Crippen LogP contribution >= 0.6 is 34.8 Å². The first kappa shape index (κ1) is 20.3. The van der Waals surface area contributed by atoms with Crippen LogP contribution in [0.1, 0.15) is 18.1 Å². The zero-order valence-electron chi connectivity index (χ0n) is 14.1. The fourth-order valence-corrected chi connectivity index (χ4v) is 2.67. The standard InChI is InChI=1S/C19H16Cl3NO3/c1-11-6-7-13(10-16(11)22)8-9-17(24)26-12(2)19(25)23-18-14(20)4-3-5-15(18)21/h3-10,12H,1-2H3,(H,23,25)/b9-8+/t12-/m0/s1. The number of para-hydroxylation sites is 1. The molecule has 0 aliphatic heterocycles. The van der Waals surface area contributed by atoms with E-state index in [4.69, 9.17) is 39.5 Å². The highest BCUT2D eigenvalue weighted by atomic mass is 35.5. The van der Waals surface area contributed by atoms with Crippen LogP contribution in [0.15, 0.2) is 42.5 Å². The molecule has 2 aromatic rings. The van der Waals surface area contributed by atoms with Gasteiger partial charge in [0, 0.05) is 11.1 Å². The maximum Gasteiger partial charge on any atom is 0.331 e. The molecule has 26 heavy (non-hydrogen) atoms. The van der Waals surface area contributed by atoms with Crippen LogP contribution in [0.4, 0.5) is 5.69 Å². The molecule has 0 fully saturated rings. The van der Waals surface area contributed by atoms with E-state index >= 15 is 0 Å². The lowest BCUT2D eigenvalue weighted by atomic mass is 10.1. The molecule has 0 spiro atoms. The van der Waals surface area contributed by atoms with Crippen LogP contribution in [0.25, 0.3) is 6.08 Å². The van der Waals surface area contributed by atoms with E-state index in [1.807, 2.05) is 19.1 Å². The van der Waals surface area contributed by atoms with Crippen LogP contribution in [-0.4, -0.2) is 18.0 Å². The van der Waals surface area contributed by atoms with E-state index in [1.54, 1.807) is 30.3 Å². The molecule has 1 N–H and O–H groups in total. The molecule has 1 amide bonds. The molecule has 0 saturated carbocycles. The zero-order valence-corrected chi connectivity index (χ0v) is 16.3. The lowest BCUT2D eigenvalue weighted by Gasteiger charge is -2.14. The van der Waals surface area contributed by atoms with Gasteiger partial charge < -0.3 is 10.1 Å². The van der Waals surface area contributed by atoms with Crippen LogP contribution in [0.5, 0.6) is 0 Å². The van der Waals surface area contributed by atoms with Crippen LogP contribution in [0, 0.1) is 6.92 Å². The Morgan fingerprint density at radius 2 is 1.73 bits per heavy atom. The number of hydrogen-bond acceptors (Lipinski definition) is 3. The Bertz CT molecular complexity index is 845. The highest BCUT2D eigenvalue weighted by Gasteiger charge is 2.19. The zero-order chi connectivity index (χ0) is 19.3. The summed E-state index contributed by atoms with van der Waals surface area (Å²) in [6, 6.07) is 10.2. The second-order valence-corrected chi connectivity index (χ2v) is 6.73. The summed E-state index contributed by atoms with van der Waals surface area (Å²) in [4.78, 5) is 24.1. The van der Waals surface area contributed by atoms with Gasteiger partial charge in [0.1, 0.15) is 0 Å². The molecule has 1 atom stereocenters. The molecule has 2 rings (SSSR count). The van der Waals surface area contributed by atoms with Gasteiger partial charge in [0.25, 0.3) is 5.91 Å². The van der Waals surface area contributed by atoms with Gasteiger partial charge in [0.05, 0.1) is 15.7 Å². The van der Waals surface area contributed by atoms with Crippen LogP contribution in [0.3, 0.4) is 0 Å². The van der Waals surface area contributed by atoms with Gasteiger partial charge in [-0.05, 0) is 49.2 Å². The van der Waals surface area contributed by atoms with Crippen molar-refractivity contribution in [2.75, 3.05) is 5.32 Å². The lowest BCUT2D eigenvalue weighted by molar-refractivity contribution is -0.148. The number of anilines is 1. The Hall–Kier alpha value is -2.01. The molecular weight excluding hydrogens is 397 g/mol. The van der Waals surface area contributed by atoms with Crippen molar-refractivity contribution >= 4 is 58.4 Å². The first-order valence-electron chi connectivity index (χ1n) is 7.67. The van der Waals surface area contributed by atoms with Gasteiger partial charge in [-0.2, -0.15) is 0 Å². The first-order chi connectivity index (χ1) is 12.3. The lowest BCUT2D eigenvalue weighted by Crippen LogP contribution is -2.29. The highest BCUT2D eigenvalue weighted by molar-refractivity contribution is 6.39. The van der Waals surface area contributed by atoms with E-state index < -0.39 is 18.0 Å². The van der Waals surface area contributed by atoms with Crippen molar-refractivity contribution in [3.05, 3.63) is 68.7 Å². The molecule has 136 valence electrons. The number of nitrogens with one attached hydrogen (secondary N) is 1. The van der Waals surface area contributed by atoms with Crippen molar-refractivity contribution in [2.24, 2.45) is 0 Å². The number of aryl methyl sites for hydroxylation is 1. The summed E-state index contributed by atoms with van der Waals surface area (Å²) in [5, 5.41) is 3.74. The van der Waals surface area contributed by atoms with Crippen LogP contribution in [0.2, 0.25) is 15.1 Å². The topological polar surface area (TPSA) is 55.4 Å². The minimum Gasteiger partial charge on any atom is -0.449 e. The number of ether oxygens (including phenoxy) is 1. The minimum atomic E-state index is -1.03. The summed E-state index contributed by atoms with van der Waals surface area (Å²) in [6.45, 7) is 3.34. The van der Waals surface area contributed by atoms with E-state index in [1.165, 1.54) is 13.0 Å². The maximum atomic E-state index is 12.2. The predicted octanol–water partition coefficient (Wildman–Crippen LogP) is 5.54. The smallest absolute Gasteiger partial charge is 0.331 e. The third-order valence-electron chi connectivity index (χ3n) is 3.48. The van der Waals surface area contributed by atoms with E-state index in [0.29, 0.717) is 15.1 Å². The van der Waals surface area contributed by atoms with Crippen molar-refractivity contribution in [3.63, 3.8) is 0 Å². The van der Waals surface area contributed by atoms with Crippen molar-refractivity contribution in [2.45, 2.75) is 20.0 Å². The molecule has 0 aromatic heterocycles. The number of esters is 1. The predicted molar refractivity (Wildman–Crippen MR) is 106 cm³/mol. The van der Waals surface area contributed by atoms with Gasteiger partial charge in [-0.1, -0.05) is 53.0 Å². The first-order valence-corrected chi connectivity index (χ1v) is 8.81. The molecular formula is C19H16Cl3NO3. The number of carbonyl (C=O) groups excluding carboxylic acids is 2. The third kappa shape index (κ3) is 5.49. The van der Waals surface area contributed by atoms with Gasteiger partial charge >= 0.3 is 5.97 Å². The van der Waals surface area contributed by atoms with Crippen LogP contribution in [-0.2, 0) is 14.3 Å². The Morgan fingerprint density at radius 1 is 1.08 bits per heavy atom. The molecule has 4 nitrogen and oxygen atoms in total. The molecule has 0 radical (unpaired) electrons. The Balaban J connectivity index is 1.96.